The summed E-state index contributed by atoms with van der Waals surface area (Å²) in [6.45, 7) is 0. The monoisotopic (exact) mass is 174 g/mol. The summed E-state index contributed by atoms with van der Waals surface area (Å²) in [7, 11) is 0. The number of carboxylic acid groups (broad SMARTS) is 1. The zero-order valence-corrected chi connectivity index (χ0v) is 7.16. The van der Waals surface area contributed by atoms with Crippen LogP contribution in [0, 0.1) is 12.3 Å². The minimum absolute atomic E-state index is 0.314. The van der Waals surface area contributed by atoms with Crippen LogP contribution in [0.5, 0.6) is 0 Å². The van der Waals surface area contributed by atoms with Crippen molar-refractivity contribution in [1.82, 2.24) is 0 Å². The standard InChI is InChI=1S/C11H10O2/c1-2-3-5-9-6-4-7-10(8-9)11(12)13/h1,4,6-8H,3,5H2,(H,12,13). The first-order valence-corrected chi connectivity index (χ1v) is 3.99. The molecule has 0 saturated carbocycles. The van der Waals surface area contributed by atoms with E-state index in [0.29, 0.717) is 12.0 Å². The van der Waals surface area contributed by atoms with Crippen LogP contribution in [-0.4, -0.2) is 11.1 Å². The van der Waals surface area contributed by atoms with Crippen molar-refractivity contribution in [3.05, 3.63) is 35.4 Å². The molecule has 0 radical (unpaired) electrons. The average molecular weight is 174 g/mol. The minimum atomic E-state index is -0.900. The summed E-state index contributed by atoms with van der Waals surface area (Å²) in [6.07, 6.45) is 6.48. The Hall–Kier alpha value is -1.75. The Bertz CT molecular complexity index is 347. The largest absolute Gasteiger partial charge is 0.478 e. The Morgan fingerprint density at radius 1 is 1.54 bits per heavy atom. The van der Waals surface area contributed by atoms with Crippen LogP contribution in [0.1, 0.15) is 22.3 Å². The maximum Gasteiger partial charge on any atom is 0.335 e. The first-order valence-electron chi connectivity index (χ1n) is 3.99. The van der Waals surface area contributed by atoms with Crippen molar-refractivity contribution < 1.29 is 9.90 Å². The molecule has 0 unspecified atom stereocenters. The smallest absolute Gasteiger partial charge is 0.335 e. The third kappa shape index (κ3) is 2.64. The average Bonchev–Trinajstić information content (AvgIpc) is 2.15. The van der Waals surface area contributed by atoms with Gasteiger partial charge in [-0.2, -0.15) is 0 Å². The molecule has 0 amide bonds. The molecular weight excluding hydrogens is 164 g/mol. The Morgan fingerprint density at radius 2 is 2.31 bits per heavy atom. The van der Waals surface area contributed by atoms with Gasteiger partial charge in [0.1, 0.15) is 0 Å². The van der Waals surface area contributed by atoms with Gasteiger partial charge in [-0.15, -0.1) is 12.3 Å². The number of aromatic carboxylic acids is 1. The quantitative estimate of drug-likeness (QED) is 0.711. The van der Waals surface area contributed by atoms with Gasteiger partial charge >= 0.3 is 5.97 Å². The Labute approximate surface area is 77.2 Å². The molecule has 2 heteroatoms. The van der Waals surface area contributed by atoms with Crippen LogP contribution in [-0.2, 0) is 6.42 Å². The van der Waals surface area contributed by atoms with Gasteiger partial charge in [-0.05, 0) is 24.1 Å². The van der Waals surface area contributed by atoms with Crippen LogP contribution < -0.4 is 0 Å². The number of benzene rings is 1. The highest BCUT2D eigenvalue weighted by Gasteiger charge is 2.01. The van der Waals surface area contributed by atoms with Gasteiger partial charge in [0.05, 0.1) is 5.56 Å². The number of hydrogen-bond donors (Lipinski definition) is 1. The van der Waals surface area contributed by atoms with Gasteiger partial charge in [0.15, 0.2) is 0 Å². The third-order valence-electron chi connectivity index (χ3n) is 1.73. The fourth-order valence-corrected chi connectivity index (χ4v) is 1.08. The first-order chi connectivity index (χ1) is 6.24. The molecule has 0 atom stereocenters. The summed E-state index contributed by atoms with van der Waals surface area (Å²) in [6, 6.07) is 6.83. The van der Waals surface area contributed by atoms with E-state index in [1.807, 2.05) is 6.07 Å². The van der Waals surface area contributed by atoms with Gasteiger partial charge in [-0.25, -0.2) is 4.79 Å². The molecule has 13 heavy (non-hydrogen) atoms. The summed E-state index contributed by atoms with van der Waals surface area (Å²) in [4.78, 5) is 10.6. The first kappa shape index (κ1) is 9.34. The number of terminal acetylenes is 1. The van der Waals surface area contributed by atoms with Crippen LogP contribution in [0.4, 0.5) is 0 Å². The molecule has 0 bridgehead atoms. The fraction of sp³-hybridized carbons (Fsp3) is 0.182. The van der Waals surface area contributed by atoms with E-state index in [4.69, 9.17) is 11.5 Å². The highest BCUT2D eigenvalue weighted by Crippen LogP contribution is 2.07. The molecule has 0 fully saturated rings. The molecule has 1 N–H and O–H groups in total. The van der Waals surface area contributed by atoms with Crippen molar-refractivity contribution in [2.24, 2.45) is 0 Å². The van der Waals surface area contributed by atoms with Crippen LogP contribution in [0.2, 0.25) is 0 Å². The molecule has 0 heterocycles. The van der Waals surface area contributed by atoms with Crippen LogP contribution in [0.3, 0.4) is 0 Å². The molecule has 0 saturated heterocycles. The summed E-state index contributed by atoms with van der Waals surface area (Å²) in [5.74, 6) is 1.62. The fourth-order valence-electron chi connectivity index (χ4n) is 1.08. The molecule has 66 valence electrons. The maximum absolute atomic E-state index is 10.6. The van der Waals surface area contributed by atoms with Crippen molar-refractivity contribution in [2.45, 2.75) is 12.8 Å². The zero-order valence-electron chi connectivity index (χ0n) is 7.16. The summed E-state index contributed by atoms with van der Waals surface area (Å²) < 4.78 is 0. The lowest BCUT2D eigenvalue weighted by Gasteiger charge is -1.99. The van der Waals surface area contributed by atoms with E-state index in [1.165, 1.54) is 0 Å². The highest BCUT2D eigenvalue weighted by molar-refractivity contribution is 5.87. The van der Waals surface area contributed by atoms with Crippen molar-refractivity contribution >= 4 is 5.97 Å². The SMILES string of the molecule is C#CCCc1cccc(C(=O)O)c1. The second kappa shape index (κ2) is 4.32. The molecule has 1 aromatic carbocycles. The van der Waals surface area contributed by atoms with Crippen molar-refractivity contribution in [1.29, 1.82) is 0 Å². The van der Waals surface area contributed by atoms with E-state index in [2.05, 4.69) is 5.92 Å². The third-order valence-corrected chi connectivity index (χ3v) is 1.73. The van der Waals surface area contributed by atoms with Gasteiger partial charge in [-0.1, -0.05) is 12.1 Å². The number of aryl methyl sites for hydroxylation is 1. The summed E-state index contributed by atoms with van der Waals surface area (Å²) >= 11 is 0. The van der Waals surface area contributed by atoms with E-state index >= 15 is 0 Å². The van der Waals surface area contributed by atoms with E-state index in [9.17, 15) is 4.79 Å². The van der Waals surface area contributed by atoms with Gasteiger partial charge in [0, 0.05) is 6.42 Å². The molecule has 2 nitrogen and oxygen atoms in total. The van der Waals surface area contributed by atoms with Crippen LogP contribution in [0.25, 0.3) is 0 Å². The Kier molecular flexibility index (Phi) is 3.10. The molecule has 0 aliphatic rings. The van der Waals surface area contributed by atoms with Gasteiger partial charge in [-0.3, -0.25) is 0 Å². The molecular formula is C11H10O2. The van der Waals surface area contributed by atoms with E-state index < -0.39 is 5.97 Å². The molecule has 0 aliphatic carbocycles. The highest BCUT2D eigenvalue weighted by atomic mass is 16.4. The zero-order chi connectivity index (χ0) is 9.68. The van der Waals surface area contributed by atoms with E-state index in [1.54, 1.807) is 18.2 Å². The molecule has 1 rings (SSSR count). The number of carboxylic acids is 1. The predicted octanol–water partition coefficient (Wildman–Crippen LogP) is 1.95. The maximum atomic E-state index is 10.6. The lowest BCUT2D eigenvalue weighted by atomic mass is 10.1. The minimum Gasteiger partial charge on any atom is -0.478 e. The topological polar surface area (TPSA) is 37.3 Å². The van der Waals surface area contributed by atoms with Crippen molar-refractivity contribution in [2.75, 3.05) is 0 Å². The number of hydrogen-bond acceptors (Lipinski definition) is 1. The summed E-state index contributed by atoms with van der Waals surface area (Å²) in [5.41, 5.74) is 1.28. The Morgan fingerprint density at radius 3 is 2.92 bits per heavy atom. The van der Waals surface area contributed by atoms with Crippen LogP contribution in [0.15, 0.2) is 24.3 Å². The molecule has 0 spiro atoms. The van der Waals surface area contributed by atoms with Crippen LogP contribution >= 0.6 is 0 Å². The predicted molar refractivity (Wildman–Crippen MR) is 50.6 cm³/mol. The lowest BCUT2D eigenvalue weighted by Crippen LogP contribution is -1.96. The Balaban J connectivity index is 2.80. The molecule has 0 aliphatic heterocycles. The van der Waals surface area contributed by atoms with Crippen molar-refractivity contribution in [3.63, 3.8) is 0 Å². The lowest BCUT2D eigenvalue weighted by molar-refractivity contribution is 0.0697. The van der Waals surface area contributed by atoms with Gasteiger partial charge < -0.3 is 5.11 Å². The molecule has 0 aromatic heterocycles. The van der Waals surface area contributed by atoms with Gasteiger partial charge in [0.25, 0.3) is 0 Å². The summed E-state index contributed by atoms with van der Waals surface area (Å²) in [5, 5.41) is 8.69. The van der Waals surface area contributed by atoms with Crippen molar-refractivity contribution in [3.8, 4) is 12.3 Å². The second-order valence-electron chi connectivity index (χ2n) is 2.71. The van der Waals surface area contributed by atoms with E-state index in [-0.39, 0.29) is 0 Å². The van der Waals surface area contributed by atoms with Gasteiger partial charge in [0.2, 0.25) is 0 Å². The van der Waals surface area contributed by atoms with E-state index in [0.717, 1.165) is 12.0 Å². The second-order valence-corrected chi connectivity index (χ2v) is 2.71. The normalized spacial score (nSPS) is 9.15. The molecule has 1 aromatic rings. The number of carbonyl (C=O) groups is 1. The number of rotatable bonds is 3.